The highest BCUT2D eigenvalue weighted by Crippen LogP contribution is 2.03. The van der Waals surface area contributed by atoms with E-state index >= 15 is 0 Å². The molecule has 0 fully saturated rings. The van der Waals surface area contributed by atoms with Crippen LogP contribution in [0.3, 0.4) is 0 Å². The van der Waals surface area contributed by atoms with Gasteiger partial charge in [0.05, 0.1) is 5.75 Å². The molecular formula is C11H21N3O4S. The topological polar surface area (TPSA) is 122 Å². The lowest BCUT2D eigenvalue weighted by molar-refractivity contribution is -0.138. The van der Waals surface area contributed by atoms with Crippen molar-refractivity contribution >= 4 is 29.7 Å². The van der Waals surface area contributed by atoms with Gasteiger partial charge in [-0.1, -0.05) is 13.3 Å². The van der Waals surface area contributed by atoms with Gasteiger partial charge in [0, 0.05) is 6.54 Å². The van der Waals surface area contributed by atoms with Crippen LogP contribution in [-0.2, 0) is 9.59 Å². The highest BCUT2D eigenvalue weighted by molar-refractivity contribution is 7.99. The number of carbonyl (C=O) groups excluding carboxylic acids is 2. The number of thioether (sulfide) groups is 1. The molecule has 1 atom stereocenters. The number of urea groups is 1. The lowest BCUT2D eigenvalue weighted by Gasteiger charge is -2.07. The summed E-state index contributed by atoms with van der Waals surface area (Å²) < 4.78 is 0. The van der Waals surface area contributed by atoms with Gasteiger partial charge in [-0.15, -0.1) is 0 Å². The van der Waals surface area contributed by atoms with Crippen LogP contribution in [-0.4, -0.2) is 47.1 Å². The summed E-state index contributed by atoms with van der Waals surface area (Å²) in [5.41, 5.74) is 5.30. The van der Waals surface area contributed by atoms with E-state index in [1.54, 1.807) is 0 Å². The van der Waals surface area contributed by atoms with Crippen molar-refractivity contribution < 1.29 is 19.5 Å². The van der Waals surface area contributed by atoms with Crippen molar-refractivity contribution in [1.82, 2.24) is 10.6 Å². The van der Waals surface area contributed by atoms with Gasteiger partial charge < -0.3 is 16.2 Å². The van der Waals surface area contributed by atoms with E-state index in [1.165, 1.54) is 11.8 Å². The quantitative estimate of drug-likeness (QED) is 0.449. The Morgan fingerprint density at radius 1 is 1.37 bits per heavy atom. The Hall–Kier alpha value is -1.28. The summed E-state index contributed by atoms with van der Waals surface area (Å²) in [5, 5.41) is 13.3. The number of unbranched alkanes of at least 4 members (excludes halogenated alkanes) is 1. The zero-order chi connectivity index (χ0) is 14.7. The van der Waals surface area contributed by atoms with Crippen molar-refractivity contribution in [1.29, 1.82) is 0 Å². The molecule has 110 valence electrons. The van der Waals surface area contributed by atoms with Gasteiger partial charge >= 0.3 is 12.0 Å². The van der Waals surface area contributed by atoms with Gasteiger partial charge in [-0.3, -0.25) is 14.9 Å². The summed E-state index contributed by atoms with van der Waals surface area (Å²) in [4.78, 5) is 33.0. The Morgan fingerprint density at radius 3 is 2.63 bits per heavy atom. The molecule has 0 saturated carbocycles. The molecule has 19 heavy (non-hydrogen) atoms. The Morgan fingerprint density at radius 2 is 2.05 bits per heavy atom. The molecule has 0 rings (SSSR count). The molecule has 0 aliphatic heterocycles. The molecule has 0 aliphatic rings. The number of carboxylic acid groups (broad SMARTS) is 1. The number of hydrogen-bond acceptors (Lipinski definition) is 5. The van der Waals surface area contributed by atoms with Crippen LogP contribution in [0.25, 0.3) is 0 Å². The largest absolute Gasteiger partial charge is 0.480 e. The molecule has 0 aromatic rings. The van der Waals surface area contributed by atoms with E-state index in [0.717, 1.165) is 12.8 Å². The molecule has 0 bridgehead atoms. The average molecular weight is 291 g/mol. The van der Waals surface area contributed by atoms with Crippen molar-refractivity contribution in [2.75, 3.05) is 18.1 Å². The van der Waals surface area contributed by atoms with Crippen molar-refractivity contribution in [2.24, 2.45) is 5.73 Å². The van der Waals surface area contributed by atoms with Gasteiger partial charge in [-0.25, -0.2) is 4.79 Å². The van der Waals surface area contributed by atoms with Crippen molar-refractivity contribution in [3.05, 3.63) is 0 Å². The van der Waals surface area contributed by atoms with Crippen LogP contribution in [0.4, 0.5) is 4.79 Å². The summed E-state index contributed by atoms with van der Waals surface area (Å²) in [6.07, 6.45) is 2.12. The average Bonchev–Trinajstić information content (AvgIpc) is 2.34. The third kappa shape index (κ3) is 10.3. The molecule has 0 aromatic carbocycles. The van der Waals surface area contributed by atoms with E-state index in [1.807, 2.05) is 6.92 Å². The fraction of sp³-hybridized carbons (Fsp3) is 0.727. The zero-order valence-electron chi connectivity index (χ0n) is 11.0. The summed E-state index contributed by atoms with van der Waals surface area (Å²) in [6.45, 7) is 2.54. The molecule has 8 heteroatoms. The van der Waals surface area contributed by atoms with Gasteiger partial charge in [0.1, 0.15) is 6.04 Å². The summed E-state index contributed by atoms with van der Waals surface area (Å²) in [6, 6.07) is -1.41. The minimum absolute atomic E-state index is 0.105. The number of nitrogens with one attached hydrogen (secondary N) is 2. The minimum atomic E-state index is -1.06. The van der Waals surface area contributed by atoms with Crippen molar-refractivity contribution in [3.63, 3.8) is 0 Å². The SMILES string of the molecule is CCCCNC(=O)NC(=O)CSCCC(N)C(=O)O. The van der Waals surface area contributed by atoms with E-state index in [0.29, 0.717) is 12.3 Å². The first kappa shape index (κ1) is 17.7. The van der Waals surface area contributed by atoms with Crippen LogP contribution >= 0.6 is 11.8 Å². The van der Waals surface area contributed by atoms with E-state index in [2.05, 4.69) is 10.6 Å². The second kappa shape index (κ2) is 10.6. The molecule has 5 N–H and O–H groups in total. The maximum absolute atomic E-state index is 11.3. The highest BCUT2D eigenvalue weighted by atomic mass is 32.2. The molecule has 1 unspecified atom stereocenters. The molecule has 0 heterocycles. The first-order valence-corrected chi connectivity index (χ1v) is 7.26. The predicted molar refractivity (Wildman–Crippen MR) is 74.0 cm³/mol. The van der Waals surface area contributed by atoms with Gasteiger partial charge in [-0.2, -0.15) is 11.8 Å². The highest BCUT2D eigenvalue weighted by Gasteiger charge is 2.11. The molecule has 0 spiro atoms. The predicted octanol–water partition coefficient (Wildman–Crippen LogP) is 0.148. The van der Waals surface area contributed by atoms with Crippen LogP contribution in [0.5, 0.6) is 0 Å². The summed E-state index contributed by atoms with van der Waals surface area (Å²) in [7, 11) is 0. The van der Waals surface area contributed by atoms with E-state index < -0.39 is 23.9 Å². The fourth-order valence-corrected chi connectivity index (χ4v) is 1.91. The van der Waals surface area contributed by atoms with Gasteiger partial charge in [0.25, 0.3) is 0 Å². The Bertz CT molecular complexity index is 312. The second-order valence-corrected chi connectivity index (χ2v) is 5.05. The van der Waals surface area contributed by atoms with Crippen LogP contribution in [0.1, 0.15) is 26.2 Å². The Balaban J connectivity index is 3.59. The van der Waals surface area contributed by atoms with Crippen LogP contribution in [0.2, 0.25) is 0 Å². The van der Waals surface area contributed by atoms with Crippen LogP contribution in [0, 0.1) is 0 Å². The molecule has 0 aliphatic carbocycles. The number of imide groups is 1. The lowest BCUT2D eigenvalue weighted by Crippen LogP contribution is -2.40. The first-order valence-electron chi connectivity index (χ1n) is 6.11. The number of nitrogens with two attached hydrogens (primary N) is 1. The molecule has 0 aromatic heterocycles. The van der Waals surface area contributed by atoms with Crippen LogP contribution in [0.15, 0.2) is 0 Å². The smallest absolute Gasteiger partial charge is 0.321 e. The van der Waals surface area contributed by atoms with Crippen molar-refractivity contribution in [2.45, 2.75) is 32.2 Å². The van der Waals surface area contributed by atoms with Gasteiger partial charge in [-0.05, 0) is 18.6 Å². The van der Waals surface area contributed by atoms with E-state index in [9.17, 15) is 14.4 Å². The van der Waals surface area contributed by atoms with Crippen LogP contribution < -0.4 is 16.4 Å². The fourth-order valence-electron chi connectivity index (χ4n) is 1.08. The third-order valence-electron chi connectivity index (χ3n) is 2.19. The molecule has 0 radical (unpaired) electrons. The molecule has 3 amide bonds. The number of rotatable bonds is 9. The van der Waals surface area contributed by atoms with Gasteiger partial charge in [0.15, 0.2) is 0 Å². The third-order valence-corrected chi connectivity index (χ3v) is 3.18. The summed E-state index contributed by atoms with van der Waals surface area (Å²) >= 11 is 1.24. The number of amides is 3. The summed E-state index contributed by atoms with van der Waals surface area (Å²) in [5.74, 6) is -0.894. The maximum Gasteiger partial charge on any atom is 0.321 e. The van der Waals surface area contributed by atoms with E-state index in [4.69, 9.17) is 10.8 Å². The van der Waals surface area contributed by atoms with Crippen molar-refractivity contribution in [3.8, 4) is 0 Å². The second-order valence-electron chi connectivity index (χ2n) is 3.94. The molecular weight excluding hydrogens is 270 g/mol. The Kier molecular flexibility index (Phi) is 9.91. The monoisotopic (exact) mass is 291 g/mol. The number of carbonyl (C=O) groups is 3. The zero-order valence-corrected chi connectivity index (χ0v) is 11.8. The first-order chi connectivity index (χ1) is 8.97. The number of carboxylic acids is 1. The van der Waals surface area contributed by atoms with Gasteiger partial charge in [0.2, 0.25) is 5.91 Å². The standard InChI is InChI=1S/C11H21N3O4S/c1-2-3-5-13-11(18)14-9(15)7-19-6-4-8(12)10(16)17/h8H,2-7,12H2,1H3,(H,16,17)(H2,13,14,15,18). The normalized spacial score (nSPS) is 11.7. The number of aliphatic carboxylic acids is 1. The minimum Gasteiger partial charge on any atom is -0.480 e. The molecule has 0 saturated heterocycles. The Labute approximate surface area is 116 Å². The lowest BCUT2D eigenvalue weighted by atomic mass is 10.2. The molecule has 7 nitrogen and oxygen atoms in total. The maximum atomic E-state index is 11.3. The number of hydrogen-bond donors (Lipinski definition) is 4. The van der Waals surface area contributed by atoms with E-state index in [-0.39, 0.29) is 12.2 Å².